The van der Waals surface area contributed by atoms with Crippen LogP contribution in [0.5, 0.6) is 11.5 Å². The van der Waals surface area contributed by atoms with Crippen molar-refractivity contribution in [2.24, 2.45) is 0 Å². The normalized spacial score (nSPS) is 15.6. The zero-order valence-electron chi connectivity index (χ0n) is 16.5. The number of fused-ring (bicyclic) bond motifs is 1. The van der Waals surface area contributed by atoms with E-state index in [1.165, 1.54) is 7.11 Å². The van der Waals surface area contributed by atoms with Crippen LogP contribution in [0.1, 0.15) is 22.8 Å². The summed E-state index contributed by atoms with van der Waals surface area (Å²) in [5.41, 5.74) is 4.60. The molecule has 6 heteroatoms. The van der Waals surface area contributed by atoms with Gasteiger partial charge in [0.2, 0.25) is 0 Å². The highest BCUT2D eigenvalue weighted by atomic mass is 32.2. The maximum Gasteiger partial charge on any atom is 0.297 e. The van der Waals surface area contributed by atoms with Crippen LogP contribution in [0.25, 0.3) is 11.1 Å². The predicted molar refractivity (Wildman–Crippen MR) is 111 cm³/mol. The third kappa shape index (κ3) is 3.61. The van der Waals surface area contributed by atoms with E-state index in [1.807, 2.05) is 55.5 Å². The van der Waals surface area contributed by atoms with Gasteiger partial charge in [-0.25, -0.2) is 0 Å². The molecule has 5 nitrogen and oxygen atoms in total. The highest BCUT2D eigenvalue weighted by molar-refractivity contribution is 7.86. The van der Waals surface area contributed by atoms with Crippen LogP contribution in [0, 0.1) is 6.92 Å². The zero-order chi connectivity index (χ0) is 20.6. The lowest BCUT2D eigenvalue weighted by molar-refractivity contribution is 0.235. The first-order valence-corrected chi connectivity index (χ1v) is 10.7. The van der Waals surface area contributed by atoms with E-state index < -0.39 is 16.2 Å². The van der Waals surface area contributed by atoms with Crippen LogP contribution in [0.15, 0.2) is 65.6 Å². The van der Waals surface area contributed by atoms with E-state index >= 15 is 0 Å². The van der Waals surface area contributed by atoms with E-state index in [1.54, 1.807) is 19.2 Å². The van der Waals surface area contributed by atoms with E-state index in [2.05, 4.69) is 0 Å². The molecule has 1 heterocycles. The second-order valence-corrected chi connectivity index (χ2v) is 8.68. The Morgan fingerprint density at radius 3 is 2.45 bits per heavy atom. The Kier molecular flexibility index (Phi) is 5.06. The van der Waals surface area contributed by atoms with Gasteiger partial charge in [-0.15, -0.1) is 0 Å². The van der Waals surface area contributed by atoms with E-state index in [4.69, 9.17) is 13.7 Å². The standard InChI is InChI=1S/C23H22O5S/c1-15-7-12-22(29(24,25)27-3)20(13-15)21-14-17-5-4-6-19(23(17)28-21)16-8-10-18(26-2)11-9-16/h4-13,21H,14H2,1-3H3. The van der Waals surface area contributed by atoms with Gasteiger partial charge in [-0.3, -0.25) is 4.18 Å². The minimum absolute atomic E-state index is 0.148. The summed E-state index contributed by atoms with van der Waals surface area (Å²) in [5.74, 6) is 1.57. The average molecular weight is 410 g/mol. The zero-order valence-corrected chi connectivity index (χ0v) is 17.3. The number of para-hydroxylation sites is 1. The fourth-order valence-electron chi connectivity index (χ4n) is 3.68. The molecule has 0 spiro atoms. The molecule has 0 aromatic heterocycles. The van der Waals surface area contributed by atoms with Gasteiger partial charge in [0.1, 0.15) is 22.5 Å². The summed E-state index contributed by atoms with van der Waals surface area (Å²) in [5, 5.41) is 0. The molecule has 0 aliphatic carbocycles. The molecule has 150 valence electrons. The Labute approximate surface area is 171 Å². The largest absolute Gasteiger partial charge is 0.497 e. The second-order valence-electron chi connectivity index (χ2n) is 7.00. The lowest BCUT2D eigenvalue weighted by atomic mass is 9.98. The van der Waals surface area contributed by atoms with Gasteiger partial charge < -0.3 is 9.47 Å². The van der Waals surface area contributed by atoms with Gasteiger partial charge in [-0.05, 0) is 36.2 Å². The number of rotatable bonds is 5. The molecule has 0 saturated carbocycles. The van der Waals surface area contributed by atoms with Gasteiger partial charge in [0.05, 0.1) is 14.2 Å². The SMILES string of the molecule is COc1ccc(-c2cccc3c2OC(c2cc(C)ccc2S(=O)(=O)OC)C3)cc1. The Morgan fingerprint density at radius 1 is 1.00 bits per heavy atom. The lowest BCUT2D eigenvalue weighted by Gasteiger charge is -2.17. The summed E-state index contributed by atoms with van der Waals surface area (Å²) in [4.78, 5) is 0.148. The first kappa shape index (κ1) is 19.5. The van der Waals surface area contributed by atoms with Crippen molar-refractivity contribution in [1.82, 2.24) is 0 Å². The highest BCUT2D eigenvalue weighted by Crippen LogP contribution is 2.44. The van der Waals surface area contributed by atoms with Gasteiger partial charge >= 0.3 is 0 Å². The first-order valence-electron chi connectivity index (χ1n) is 9.27. The van der Waals surface area contributed by atoms with Crippen molar-refractivity contribution < 1.29 is 22.1 Å². The fraction of sp³-hybridized carbons (Fsp3) is 0.217. The van der Waals surface area contributed by atoms with Crippen LogP contribution in [0.3, 0.4) is 0 Å². The second kappa shape index (κ2) is 7.54. The molecule has 1 atom stereocenters. The van der Waals surface area contributed by atoms with Crippen LogP contribution < -0.4 is 9.47 Å². The molecule has 0 bridgehead atoms. The van der Waals surface area contributed by atoms with Crippen LogP contribution in [-0.4, -0.2) is 22.6 Å². The number of ether oxygens (including phenoxy) is 2. The topological polar surface area (TPSA) is 61.8 Å². The molecular weight excluding hydrogens is 388 g/mol. The van der Waals surface area contributed by atoms with Gasteiger partial charge in [0, 0.05) is 17.5 Å². The van der Waals surface area contributed by atoms with Gasteiger partial charge in [-0.2, -0.15) is 8.42 Å². The Balaban J connectivity index is 1.75. The Hall–Kier alpha value is -2.83. The number of methoxy groups -OCH3 is 1. The summed E-state index contributed by atoms with van der Waals surface area (Å²) in [6.07, 6.45) is 0.193. The smallest absolute Gasteiger partial charge is 0.297 e. The van der Waals surface area contributed by atoms with Crippen LogP contribution in [0.4, 0.5) is 0 Å². The van der Waals surface area contributed by atoms with E-state index in [9.17, 15) is 8.42 Å². The molecule has 3 aromatic rings. The molecule has 1 aliphatic heterocycles. The summed E-state index contributed by atoms with van der Waals surface area (Å²) < 4.78 is 41.2. The lowest BCUT2D eigenvalue weighted by Crippen LogP contribution is -2.12. The molecule has 4 rings (SSSR count). The maximum atomic E-state index is 12.4. The summed E-state index contributed by atoms with van der Waals surface area (Å²) in [7, 11) is -1.03. The molecule has 0 saturated heterocycles. The molecular formula is C23H22O5S. The summed E-state index contributed by atoms with van der Waals surface area (Å²) >= 11 is 0. The third-order valence-electron chi connectivity index (χ3n) is 5.16. The van der Waals surface area contributed by atoms with Crippen molar-refractivity contribution in [2.75, 3.05) is 14.2 Å². The van der Waals surface area contributed by atoms with Crippen molar-refractivity contribution >= 4 is 10.1 Å². The molecule has 29 heavy (non-hydrogen) atoms. The summed E-state index contributed by atoms with van der Waals surface area (Å²) in [6, 6.07) is 19.0. The van der Waals surface area contributed by atoms with Gasteiger partial charge in [0.25, 0.3) is 10.1 Å². The molecule has 1 aliphatic rings. The van der Waals surface area contributed by atoms with E-state index in [0.717, 1.165) is 33.8 Å². The average Bonchev–Trinajstić information content (AvgIpc) is 3.18. The third-order valence-corrected chi connectivity index (χ3v) is 6.51. The molecule has 0 radical (unpaired) electrons. The van der Waals surface area contributed by atoms with E-state index in [-0.39, 0.29) is 4.90 Å². The minimum Gasteiger partial charge on any atom is -0.497 e. The van der Waals surface area contributed by atoms with Crippen molar-refractivity contribution in [1.29, 1.82) is 0 Å². The van der Waals surface area contributed by atoms with E-state index in [0.29, 0.717) is 12.0 Å². The maximum absolute atomic E-state index is 12.4. The Morgan fingerprint density at radius 2 is 1.76 bits per heavy atom. The van der Waals surface area contributed by atoms with Crippen molar-refractivity contribution in [3.63, 3.8) is 0 Å². The molecule has 0 amide bonds. The number of aryl methyl sites for hydroxylation is 1. The molecule has 0 N–H and O–H groups in total. The van der Waals surface area contributed by atoms with Crippen molar-refractivity contribution in [3.8, 4) is 22.6 Å². The van der Waals surface area contributed by atoms with Crippen LogP contribution in [0.2, 0.25) is 0 Å². The van der Waals surface area contributed by atoms with Gasteiger partial charge in [0.15, 0.2) is 0 Å². The first-order chi connectivity index (χ1) is 13.9. The number of benzene rings is 3. The Bertz CT molecular complexity index is 1150. The van der Waals surface area contributed by atoms with Gasteiger partial charge in [-0.1, -0.05) is 48.0 Å². The molecule has 0 fully saturated rings. The minimum atomic E-state index is -3.83. The predicted octanol–water partition coefficient (Wildman–Crippen LogP) is 4.68. The molecule has 1 unspecified atom stereocenters. The monoisotopic (exact) mass is 410 g/mol. The van der Waals surface area contributed by atoms with Crippen LogP contribution >= 0.6 is 0 Å². The highest BCUT2D eigenvalue weighted by Gasteiger charge is 2.31. The van der Waals surface area contributed by atoms with Crippen LogP contribution in [-0.2, 0) is 20.7 Å². The fourth-order valence-corrected chi connectivity index (χ4v) is 4.57. The van der Waals surface area contributed by atoms with Crippen molar-refractivity contribution in [3.05, 3.63) is 77.4 Å². The molecule has 3 aromatic carbocycles. The quantitative estimate of drug-likeness (QED) is 0.572. The van der Waals surface area contributed by atoms with Crippen molar-refractivity contribution in [2.45, 2.75) is 24.3 Å². The number of hydrogen-bond donors (Lipinski definition) is 0. The number of hydrogen-bond acceptors (Lipinski definition) is 5. The summed E-state index contributed by atoms with van der Waals surface area (Å²) in [6.45, 7) is 1.93.